The standard InChI is InChI=1S/C26H26BrN3O3S2/c1-4-6-21-16(3)23-24(35-21)29-26(34-15-22(31)28-18-9-7-17(27)8-10-18)30(25(23)32)19-11-13-20(14-12-19)33-5-2/h7-14H,4-6,15H2,1-3H3,(H,28,31). The van der Waals surface area contributed by atoms with Gasteiger partial charge in [0.2, 0.25) is 5.91 Å². The average molecular weight is 573 g/mol. The van der Waals surface area contributed by atoms with Gasteiger partial charge in [-0.15, -0.1) is 11.3 Å². The predicted octanol–water partition coefficient (Wildman–Crippen LogP) is 6.60. The molecule has 0 aliphatic carbocycles. The minimum Gasteiger partial charge on any atom is -0.494 e. The number of nitrogens with one attached hydrogen (secondary N) is 1. The second-order valence-electron chi connectivity index (χ2n) is 7.89. The molecule has 2 heterocycles. The van der Waals surface area contributed by atoms with Gasteiger partial charge in [0.25, 0.3) is 5.56 Å². The largest absolute Gasteiger partial charge is 0.494 e. The summed E-state index contributed by atoms with van der Waals surface area (Å²) in [5, 5.41) is 4.03. The molecule has 2 aromatic carbocycles. The number of benzene rings is 2. The minimum atomic E-state index is -0.168. The van der Waals surface area contributed by atoms with E-state index >= 15 is 0 Å². The lowest BCUT2D eigenvalue weighted by Crippen LogP contribution is -2.22. The van der Waals surface area contributed by atoms with Crippen molar-refractivity contribution in [3.05, 3.63) is 73.8 Å². The number of carbonyl (C=O) groups excluding carboxylic acids is 1. The van der Waals surface area contributed by atoms with Crippen molar-refractivity contribution in [1.82, 2.24) is 9.55 Å². The summed E-state index contributed by atoms with van der Waals surface area (Å²) in [7, 11) is 0. The zero-order valence-electron chi connectivity index (χ0n) is 19.8. The molecule has 1 amide bonds. The van der Waals surface area contributed by atoms with Crippen LogP contribution in [0, 0.1) is 6.92 Å². The highest BCUT2D eigenvalue weighted by Crippen LogP contribution is 2.31. The number of thiophene rings is 1. The summed E-state index contributed by atoms with van der Waals surface area (Å²) < 4.78 is 8.10. The van der Waals surface area contributed by atoms with Crippen molar-refractivity contribution in [3.63, 3.8) is 0 Å². The number of anilines is 1. The predicted molar refractivity (Wildman–Crippen MR) is 149 cm³/mol. The lowest BCUT2D eigenvalue weighted by atomic mass is 10.1. The Morgan fingerprint density at radius 1 is 1.14 bits per heavy atom. The zero-order valence-corrected chi connectivity index (χ0v) is 23.0. The van der Waals surface area contributed by atoms with E-state index < -0.39 is 0 Å². The maximum atomic E-state index is 13.7. The first-order chi connectivity index (χ1) is 16.9. The Bertz CT molecular complexity index is 1400. The van der Waals surface area contributed by atoms with Crippen molar-refractivity contribution in [1.29, 1.82) is 0 Å². The molecule has 1 N–H and O–H groups in total. The molecule has 4 rings (SSSR count). The normalized spacial score (nSPS) is 11.1. The Kier molecular flexibility index (Phi) is 8.30. The van der Waals surface area contributed by atoms with E-state index in [1.807, 2.05) is 62.4 Å². The third-order valence-electron chi connectivity index (χ3n) is 5.38. The molecule has 6 nitrogen and oxygen atoms in total. The van der Waals surface area contributed by atoms with Crippen LogP contribution in [0.2, 0.25) is 0 Å². The van der Waals surface area contributed by atoms with Crippen LogP contribution in [0.25, 0.3) is 15.9 Å². The summed E-state index contributed by atoms with van der Waals surface area (Å²) in [5.74, 6) is 0.689. The molecular weight excluding hydrogens is 546 g/mol. The number of nitrogens with zero attached hydrogens (tertiary/aromatic N) is 2. The number of halogens is 1. The number of hydrogen-bond acceptors (Lipinski definition) is 6. The molecule has 0 saturated heterocycles. The van der Waals surface area contributed by atoms with Crippen molar-refractivity contribution in [2.45, 2.75) is 38.8 Å². The Labute approximate surface area is 220 Å². The van der Waals surface area contributed by atoms with Gasteiger partial charge in [0.05, 0.1) is 23.4 Å². The number of aromatic nitrogens is 2. The monoisotopic (exact) mass is 571 g/mol. The van der Waals surface area contributed by atoms with Crippen LogP contribution in [0.5, 0.6) is 5.75 Å². The lowest BCUT2D eigenvalue weighted by molar-refractivity contribution is -0.113. The number of aryl methyl sites for hydroxylation is 2. The molecule has 0 aliphatic heterocycles. The van der Waals surface area contributed by atoms with Gasteiger partial charge in [0.15, 0.2) is 5.16 Å². The first-order valence-corrected chi connectivity index (χ1v) is 14.0. The Hall–Kier alpha value is -2.62. The number of fused-ring (bicyclic) bond motifs is 1. The van der Waals surface area contributed by atoms with Crippen LogP contribution in [0.3, 0.4) is 0 Å². The van der Waals surface area contributed by atoms with E-state index in [2.05, 4.69) is 28.2 Å². The van der Waals surface area contributed by atoms with E-state index in [1.54, 1.807) is 15.9 Å². The lowest BCUT2D eigenvalue weighted by Gasteiger charge is -2.13. The number of amides is 1. The van der Waals surface area contributed by atoms with Crippen molar-refractivity contribution in [2.24, 2.45) is 0 Å². The molecule has 182 valence electrons. The SMILES string of the molecule is CCCc1sc2nc(SCC(=O)Nc3ccc(Br)cc3)n(-c3ccc(OCC)cc3)c(=O)c2c1C. The third-order valence-corrected chi connectivity index (χ3v) is 8.09. The first kappa shape index (κ1) is 25.5. The quantitative estimate of drug-likeness (QED) is 0.181. The third kappa shape index (κ3) is 5.79. The van der Waals surface area contributed by atoms with Crippen LogP contribution < -0.4 is 15.6 Å². The molecule has 4 aromatic rings. The Morgan fingerprint density at radius 2 is 1.86 bits per heavy atom. The first-order valence-electron chi connectivity index (χ1n) is 11.4. The topological polar surface area (TPSA) is 73.2 Å². The van der Waals surface area contributed by atoms with Crippen LogP contribution in [0.1, 0.15) is 30.7 Å². The molecule has 0 unspecified atom stereocenters. The molecule has 0 fully saturated rings. The molecule has 0 bridgehead atoms. The molecule has 0 aliphatic rings. The van der Waals surface area contributed by atoms with Crippen molar-refractivity contribution in [2.75, 3.05) is 17.7 Å². The van der Waals surface area contributed by atoms with Crippen molar-refractivity contribution < 1.29 is 9.53 Å². The van der Waals surface area contributed by atoms with Gasteiger partial charge >= 0.3 is 0 Å². The Balaban J connectivity index is 1.70. The van der Waals surface area contributed by atoms with Crippen molar-refractivity contribution in [3.8, 4) is 11.4 Å². The second kappa shape index (κ2) is 11.4. The van der Waals surface area contributed by atoms with Crippen LogP contribution in [-0.2, 0) is 11.2 Å². The molecule has 0 atom stereocenters. The molecule has 35 heavy (non-hydrogen) atoms. The molecule has 2 aromatic heterocycles. The van der Waals surface area contributed by atoms with Gasteiger partial charge in [0.1, 0.15) is 10.6 Å². The highest BCUT2D eigenvalue weighted by atomic mass is 79.9. The fourth-order valence-corrected chi connectivity index (χ4v) is 6.12. The summed E-state index contributed by atoms with van der Waals surface area (Å²) >= 11 is 6.21. The van der Waals surface area contributed by atoms with Crippen molar-refractivity contribution >= 4 is 60.8 Å². The minimum absolute atomic E-state index is 0.119. The van der Waals surface area contributed by atoms with Gasteiger partial charge in [-0.3, -0.25) is 14.2 Å². The summed E-state index contributed by atoms with van der Waals surface area (Å²) in [4.78, 5) is 33.2. The van der Waals surface area contributed by atoms with Gasteiger partial charge < -0.3 is 10.1 Å². The van der Waals surface area contributed by atoms with Crippen LogP contribution in [0.15, 0.2) is 63.0 Å². The van der Waals surface area contributed by atoms with Gasteiger partial charge in [0, 0.05) is 15.0 Å². The smallest absolute Gasteiger partial charge is 0.267 e. The number of ether oxygens (including phenoxy) is 1. The summed E-state index contributed by atoms with van der Waals surface area (Å²) in [6.45, 7) is 6.61. The summed E-state index contributed by atoms with van der Waals surface area (Å²) in [6.07, 6.45) is 1.91. The van der Waals surface area contributed by atoms with Crippen LogP contribution in [0.4, 0.5) is 5.69 Å². The highest BCUT2D eigenvalue weighted by Gasteiger charge is 2.20. The fourth-order valence-electron chi connectivity index (χ4n) is 3.72. The number of thioether (sulfide) groups is 1. The molecule has 9 heteroatoms. The van der Waals surface area contributed by atoms with E-state index in [0.29, 0.717) is 33.4 Å². The number of hydrogen-bond donors (Lipinski definition) is 1. The average Bonchev–Trinajstić information content (AvgIpc) is 3.16. The van der Waals surface area contributed by atoms with Gasteiger partial charge in [-0.1, -0.05) is 41.0 Å². The summed E-state index contributed by atoms with van der Waals surface area (Å²) in [6, 6.07) is 14.8. The number of rotatable bonds is 9. The van der Waals surface area contributed by atoms with E-state index in [0.717, 1.165) is 28.6 Å². The number of carbonyl (C=O) groups is 1. The van der Waals surface area contributed by atoms with E-state index in [9.17, 15) is 9.59 Å². The summed E-state index contributed by atoms with van der Waals surface area (Å²) in [5.41, 5.74) is 2.27. The highest BCUT2D eigenvalue weighted by molar-refractivity contribution is 9.10. The second-order valence-corrected chi connectivity index (χ2v) is 10.8. The van der Waals surface area contributed by atoms with Crippen LogP contribution >= 0.6 is 39.0 Å². The van der Waals surface area contributed by atoms with E-state index in [1.165, 1.54) is 16.6 Å². The maximum Gasteiger partial charge on any atom is 0.267 e. The van der Waals surface area contributed by atoms with Gasteiger partial charge in [-0.05, 0) is 74.4 Å². The van der Waals surface area contributed by atoms with Gasteiger partial charge in [-0.25, -0.2) is 4.98 Å². The van der Waals surface area contributed by atoms with E-state index in [-0.39, 0.29) is 17.2 Å². The molecule has 0 radical (unpaired) electrons. The van der Waals surface area contributed by atoms with Crippen LogP contribution in [-0.4, -0.2) is 27.8 Å². The molecule has 0 spiro atoms. The zero-order chi connectivity index (χ0) is 24.9. The molecule has 0 saturated carbocycles. The van der Waals surface area contributed by atoms with E-state index in [4.69, 9.17) is 9.72 Å². The molecular formula is C26H26BrN3O3S2. The maximum absolute atomic E-state index is 13.7. The van der Waals surface area contributed by atoms with Gasteiger partial charge in [-0.2, -0.15) is 0 Å². The fraction of sp³-hybridized carbons (Fsp3) is 0.269. The Morgan fingerprint density at radius 3 is 2.51 bits per heavy atom.